The summed E-state index contributed by atoms with van der Waals surface area (Å²) < 4.78 is 16.3. The van der Waals surface area contributed by atoms with Gasteiger partial charge in [0, 0.05) is 17.5 Å². The Hall–Kier alpha value is -2.24. The van der Waals surface area contributed by atoms with Gasteiger partial charge in [-0.15, -0.1) is 0 Å². The van der Waals surface area contributed by atoms with Crippen LogP contribution in [0.2, 0.25) is 0 Å². The van der Waals surface area contributed by atoms with Crippen LogP contribution in [0.4, 0.5) is 0 Å². The van der Waals surface area contributed by atoms with Gasteiger partial charge in [0.1, 0.15) is 5.60 Å². The SMILES string of the molecule is CC(C)(C)NC(=O)COC(=O)COc1cccc2c1OC(C)(C)C2. The molecule has 0 bridgehead atoms. The van der Waals surface area contributed by atoms with Gasteiger partial charge in [0.2, 0.25) is 0 Å². The van der Waals surface area contributed by atoms with Crippen molar-refractivity contribution >= 4 is 11.9 Å². The zero-order chi connectivity index (χ0) is 18.0. The van der Waals surface area contributed by atoms with Crippen molar-refractivity contribution in [1.82, 2.24) is 5.32 Å². The molecule has 1 aromatic carbocycles. The Bertz CT molecular complexity index is 631. The highest BCUT2D eigenvalue weighted by atomic mass is 16.6. The van der Waals surface area contributed by atoms with Crippen molar-refractivity contribution in [2.75, 3.05) is 13.2 Å². The van der Waals surface area contributed by atoms with E-state index in [1.54, 1.807) is 6.07 Å². The molecular formula is C18H25NO5. The van der Waals surface area contributed by atoms with Gasteiger partial charge in [-0.3, -0.25) is 4.79 Å². The van der Waals surface area contributed by atoms with Crippen LogP contribution in [-0.2, 0) is 20.7 Å². The number of amides is 1. The second-order valence-electron chi connectivity index (χ2n) is 7.53. The van der Waals surface area contributed by atoms with Gasteiger partial charge >= 0.3 is 5.97 Å². The molecule has 0 unspecified atom stereocenters. The fraction of sp³-hybridized carbons (Fsp3) is 0.556. The predicted molar refractivity (Wildman–Crippen MR) is 89.2 cm³/mol. The van der Waals surface area contributed by atoms with E-state index in [9.17, 15) is 9.59 Å². The van der Waals surface area contributed by atoms with E-state index in [0.29, 0.717) is 11.5 Å². The zero-order valence-electron chi connectivity index (χ0n) is 14.9. The summed E-state index contributed by atoms with van der Waals surface area (Å²) in [6.07, 6.45) is 0.789. The van der Waals surface area contributed by atoms with Gasteiger partial charge in [-0.2, -0.15) is 0 Å². The van der Waals surface area contributed by atoms with Crippen LogP contribution in [0.5, 0.6) is 11.5 Å². The molecule has 1 aliphatic rings. The lowest BCUT2D eigenvalue weighted by Gasteiger charge is -2.20. The Morgan fingerprint density at radius 3 is 2.62 bits per heavy atom. The molecule has 132 valence electrons. The number of benzene rings is 1. The molecule has 2 rings (SSSR count). The maximum Gasteiger partial charge on any atom is 0.344 e. The van der Waals surface area contributed by atoms with Crippen LogP contribution < -0.4 is 14.8 Å². The summed E-state index contributed by atoms with van der Waals surface area (Å²) in [7, 11) is 0. The van der Waals surface area contributed by atoms with Crippen molar-refractivity contribution in [2.24, 2.45) is 0 Å². The molecular weight excluding hydrogens is 310 g/mol. The van der Waals surface area contributed by atoms with Crippen LogP contribution in [-0.4, -0.2) is 36.2 Å². The second kappa shape index (κ2) is 6.71. The summed E-state index contributed by atoms with van der Waals surface area (Å²) in [6, 6.07) is 5.59. The average Bonchev–Trinajstić information content (AvgIpc) is 2.75. The van der Waals surface area contributed by atoms with E-state index in [2.05, 4.69) is 5.32 Å². The quantitative estimate of drug-likeness (QED) is 0.835. The topological polar surface area (TPSA) is 73.9 Å². The van der Waals surface area contributed by atoms with E-state index in [0.717, 1.165) is 12.0 Å². The third-order valence-electron chi connectivity index (χ3n) is 3.28. The number of hydrogen-bond acceptors (Lipinski definition) is 5. The van der Waals surface area contributed by atoms with Crippen molar-refractivity contribution in [3.63, 3.8) is 0 Å². The Balaban J connectivity index is 1.84. The lowest BCUT2D eigenvalue weighted by Crippen LogP contribution is -2.43. The Kier molecular flexibility index (Phi) is 5.06. The molecule has 6 heteroatoms. The number of esters is 1. The monoisotopic (exact) mass is 335 g/mol. The van der Waals surface area contributed by atoms with Crippen LogP contribution in [0, 0.1) is 0 Å². The molecule has 1 heterocycles. The summed E-state index contributed by atoms with van der Waals surface area (Å²) in [6.45, 7) is 8.96. The smallest absolute Gasteiger partial charge is 0.344 e. The van der Waals surface area contributed by atoms with Crippen LogP contribution in [0.15, 0.2) is 18.2 Å². The largest absolute Gasteiger partial charge is 0.483 e. The number of ether oxygens (including phenoxy) is 3. The first-order chi connectivity index (χ1) is 11.1. The molecule has 0 spiro atoms. The average molecular weight is 335 g/mol. The van der Waals surface area contributed by atoms with Gasteiger partial charge in [-0.1, -0.05) is 12.1 Å². The first-order valence-electron chi connectivity index (χ1n) is 7.96. The molecule has 6 nitrogen and oxygen atoms in total. The molecule has 0 saturated carbocycles. The third kappa shape index (κ3) is 5.15. The fourth-order valence-corrected chi connectivity index (χ4v) is 2.48. The van der Waals surface area contributed by atoms with Crippen molar-refractivity contribution in [3.05, 3.63) is 23.8 Å². The van der Waals surface area contributed by atoms with E-state index in [4.69, 9.17) is 14.2 Å². The number of hydrogen-bond donors (Lipinski definition) is 1. The Morgan fingerprint density at radius 1 is 1.25 bits per heavy atom. The van der Waals surface area contributed by atoms with Crippen molar-refractivity contribution in [3.8, 4) is 11.5 Å². The number of carbonyl (C=O) groups is 2. The Labute approximate surface area is 142 Å². The minimum absolute atomic E-state index is 0.275. The fourth-order valence-electron chi connectivity index (χ4n) is 2.48. The molecule has 1 aliphatic heterocycles. The summed E-state index contributed by atoms with van der Waals surface area (Å²) in [5.41, 5.74) is 0.401. The van der Waals surface area contributed by atoms with E-state index in [1.165, 1.54) is 0 Å². The number of carbonyl (C=O) groups excluding carboxylic acids is 2. The van der Waals surface area contributed by atoms with Gasteiger partial charge < -0.3 is 19.5 Å². The molecule has 0 radical (unpaired) electrons. The van der Waals surface area contributed by atoms with Crippen molar-refractivity contribution < 1.29 is 23.8 Å². The minimum Gasteiger partial charge on any atom is -0.483 e. The summed E-state index contributed by atoms with van der Waals surface area (Å²) in [5, 5.41) is 2.71. The van der Waals surface area contributed by atoms with Crippen LogP contribution in [0.25, 0.3) is 0 Å². The lowest BCUT2D eigenvalue weighted by molar-refractivity contribution is -0.150. The number of para-hydroxylation sites is 1. The molecule has 0 aliphatic carbocycles. The van der Waals surface area contributed by atoms with E-state index in [1.807, 2.05) is 46.8 Å². The predicted octanol–water partition coefficient (Wildman–Crippen LogP) is 2.24. The van der Waals surface area contributed by atoms with Gasteiger partial charge in [0.05, 0.1) is 0 Å². The van der Waals surface area contributed by atoms with Gasteiger partial charge in [0.25, 0.3) is 5.91 Å². The molecule has 1 N–H and O–H groups in total. The third-order valence-corrected chi connectivity index (χ3v) is 3.28. The first-order valence-corrected chi connectivity index (χ1v) is 7.96. The van der Waals surface area contributed by atoms with Crippen LogP contribution in [0.1, 0.15) is 40.2 Å². The van der Waals surface area contributed by atoms with Gasteiger partial charge in [0.15, 0.2) is 24.7 Å². The standard InChI is InChI=1S/C18H25NO5/c1-17(2,3)19-14(20)10-23-15(21)11-22-13-8-6-7-12-9-18(4,5)24-16(12)13/h6-8H,9-11H2,1-5H3,(H,19,20). The second-order valence-corrected chi connectivity index (χ2v) is 7.53. The minimum atomic E-state index is -0.603. The van der Waals surface area contributed by atoms with E-state index in [-0.39, 0.29) is 30.3 Å². The Morgan fingerprint density at radius 2 is 1.96 bits per heavy atom. The highest BCUT2D eigenvalue weighted by molar-refractivity contribution is 5.81. The maximum absolute atomic E-state index is 11.7. The zero-order valence-corrected chi connectivity index (χ0v) is 14.9. The van der Waals surface area contributed by atoms with E-state index >= 15 is 0 Å². The van der Waals surface area contributed by atoms with Gasteiger partial charge in [-0.25, -0.2) is 4.79 Å². The highest BCUT2D eigenvalue weighted by Gasteiger charge is 2.32. The molecule has 1 aromatic rings. The molecule has 24 heavy (non-hydrogen) atoms. The summed E-state index contributed by atoms with van der Waals surface area (Å²) >= 11 is 0. The molecule has 1 amide bonds. The summed E-state index contributed by atoms with van der Waals surface area (Å²) in [5.74, 6) is 0.227. The van der Waals surface area contributed by atoms with Gasteiger partial charge in [-0.05, 0) is 40.7 Å². The molecule has 0 aromatic heterocycles. The van der Waals surface area contributed by atoms with Crippen LogP contribution in [0.3, 0.4) is 0 Å². The van der Waals surface area contributed by atoms with Crippen molar-refractivity contribution in [1.29, 1.82) is 0 Å². The lowest BCUT2D eigenvalue weighted by atomic mass is 10.0. The summed E-state index contributed by atoms with van der Waals surface area (Å²) in [4.78, 5) is 23.4. The number of rotatable bonds is 5. The normalized spacial score (nSPS) is 15.2. The first kappa shape index (κ1) is 18.1. The highest BCUT2D eigenvalue weighted by Crippen LogP contribution is 2.41. The van der Waals surface area contributed by atoms with E-state index < -0.39 is 5.97 Å². The molecule has 0 atom stereocenters. The van der Waals surface area contributed by atoms with Crippen molar-refractivity contribution in [2.45, 2.75) is 52.2 Å². The maximum atomic E-state index is 11.7. The molecule has 0 saturated heterocycles. The molecule has 0 fully saturated rings. The number of fused-ring (bicyclic) bond motifs is 1. The number of nitrogens with one attached hydrogen (secondary N) is 1. The van der Waals surface area contributed by atoms with Crippen LogP contribution >= 0.6 is 0 Å².